The molecular weight excluding hydrogens is 535 g/mol. The molecule has 4 nitrogen and oxygen atoms in total. The van der Waals surface area contributed by atoms with Crippen molar-refractivity contribution in [2.75, 3.05) is 11.5 Å². The van der Waals surface area contributed by atoms with Gasteiger partial charge in [0.15, 0.2) is 0 Å². The van der Waals surface area contributed by atoms with E-state index in [0.717, 1.165) is 21.4 Å². The predicted octanol–water partition coefficient (Wildman–Crippen LogP) is 6.93. The average molecular weight is 575 g/mol. The van der Waals surface area contributed by atoms with Gasteiger partial charge >= 0.3 is 7.12 Å². The lowest BCUT2D eigenvalue weighted by Crippen LogP contribution is -2.29. The third kappa shape index (κ3) is 9.68. The van der Waals surface area contributed by atoms with Crippen molar-refractivity contribution in [3.63, 3.8) is 0 Å². The minimum absolute atomic E-state index is 0.150. The molecule has 0 amide bonds. The fourth-order valence-corrected chi connectivity index (χ4v) is 3.89. The number of benzene rings is 4. The second-order valence-corrected chi connectivity index (χ2v) is 12.0. The standard InChI is InChI=1S/C16H19N.C10H14BrN.C6H7BO2/c1-16(2,3)13-9-10-15(17)14(11-13)12-7-5-4-6-8-12;1-10(2,3)7-4-5-9(12)8(11)6-7;8-7(9)6-4-2-1-3-5-6/h4-11H,17H2,1-3H3;4-6H,12H2,1-3H3;1-5,8-9H. The van der Waals surface area contributed by atoms with E-state index < -0.39 is 7.12 Å². The molecule has 0 spiro atoms. The van der Waals surface area contributed by atoms with E-state index in [1.807, 2.05) is 36.4 Å². The molecule has 0 aromatic heterocycles. The summed E-state index contributed by atoms with van der Waals surface area (Å²) < 4.78 is 0.981. The summed E-state index contributed by atoms with van der Waals surface area (Å²) in [7, 11) is -1.34. The molecule has 0 saturated heterocycles. The Bertz CT molecular complexity index is 1280. The van der Waals surface area contributed by atoms with Crippen LogP contribution in [0, 0.1) is 0 Å². The Labute approximate surface area is 237 Å². The van der Waals surface area contributed by atoms with E-state index in [0.29, 0.717) is 5.46 Å². The first-order valence-electron chi connectivity index (χ1n) is 12.6. The molecule has 6 N–H and O–H groups in total. The molecule has 200 valence electrons. The van der Waals surface area contributed by atoms with Crippen molar-refractivity contribution in [2.45, 2.75) is 52.4 Å². The molecule has 0 bridgehead atoms. The van der Waals surface area contributed by atoms with Crippen molar-refractivity contribution in [2.24, 2.45) is 0 Å². The van der Waals surface area contributed by atoms with Crippen molar-refractivity contribution in [3.8, 4) is 11.1 Å². The van der Waals surface area contributed by atoms with Crippen molar-refractivity contribution in [3.05, 3.63) is 113 Å². The zero-order valence-corrected chi connectivity index (χ0v) is 24.8. The van der Waals surface area contributed by atoms with Gasteiger partial charge in [0.1, 0.15) is 0 Å². The summed E-state index contributed by atoms with van der Waals surface area (Å²) in [5, 5.41) is 17.2. The molecule has 4 aromatic carbocycles. The lowest BCUT2D eigenvalue weighted by molar-refractivity contribution is 0.426. The second-order valence-electron chi connectivity index (χ2n) is 11.2. The summed E-state index contributed by atoms with van der Waals surface area (Å²) in [5.74, 6) is 0. The molecule has 0 saturated carbocycles. The van der Waals surface area contributed by atoms with Gasteiger partial charge in [-0.25, -0.2) is 0 Å². The molecule has 0 radical (unpaired) electrons. The zero-order valence-electron chi connectivity index (χ0n) is 23.2. The molecule has 0 atom stereocenters. The largest absolute Gasteiger partial charge is 0.488 e. The van der Waals surface area contributed by atoms with Crippen molar-refractivity contribution < 1.29 is 10.0 Å². The van der Waals surface area contributed by atoms with E-state index in [-0.39, 0.29) is 10.8 Å². The smallest absolute Gasteiger partial charge is 0.423 e. The van der Waals surface area contributed by atoms with Crippen LogP contribution in [0.4, 0.5) is 11.4 Å². The molecule has 0 unspecified atom stereocenters. The van der Waals surface area contributed by atoms with Crippen LogP contribution in [0.2, 0.25) is 0 Å². The highest BCUT2D eigenvalue weighted by Gasteiger charge is 2.15. The first-order chi connectivity index (χ1) is 17.7. The second kappa shape index (κ2) is 13.7. The quantitative estimate of drug-likeness (QED) is 0.154. The molecule has 4 rings (SSSR count). The van der Waals surface area contributed by atoms with Gasteiger partial charge < -0.3 is 21.5 Å². The lowest BCUT2D eigenvalue weighted by atomic mass is 9.81. The Morgan fingerprint density at radius 3 is 1.47 bits per heavy atom. The van der Waals surface area contributed by atoms with Crippen molar-refractivity contribution in [1.29, 1.82) is 0 Å². The number of nitrogens with two attached hydrogens (primary N) is 2. The van der Waals surface area contributed by atoms with Gasteiger partial charge in [0.25, 0.3) is 0 Å². The number of halogens is 1. The highest BCUT2D eigenvalue weighted by molar-refractivity contribution is 9.10. The normalized spacial score (nSPS) is 11.0. The molecule has 0 aliphatic heterocycles. The summed E-state index contributed by atoms with van der Waals surface area (Å²) in [6, 6.07) is 31.3. The molecule has 4 aromatic rings. The monoisotopic (exact) mass is 574 g/mol. The maximum Gasteiger partial charge on any atom is 0.488 e. The zero-order chi connectivity index (χ0) is 28.5. The number of rotatable bonds is 2. The van der Waals surface area contributed by atoms with E-state index >= 15 is 0 Å². The van der Waals surface area contributed by atoms with Crippen LogP contribution in [0.3, 0.4) is 0 Å². The van der Waals surface area contributed by atoms with E-state index in [2.05, 4.69) is 93.9 Å². The summed E-state index contributed by atoms with van der Waals surface area (Å²) in [6.07, 6.45) is 0. The van der Waals surface area contributed by atoms with E-state index in [9.17, 15) is 0 Å². The van der Waals surface area contributed by atoms with Gasteiger partial charge in [-0.1, -0.05) is 114 Å². The summed E-state index contributed by atoms with van der Waals surface area (Å²) in [4.78, 5) is 0. The minimum Gasteiger partial charge on any atom is -0.423 e. The first kappa shape index (κ1) is 31.2. The van der Waals surface area contributed by atoms with Gasteiger partial charge in [-0.2, -0.15) is 0 Å². The van der Waals surface area contributed by atoms with Gasteiger partial charge in [0.05, 0.1) is 0 Å². The van der Waals surface area contributed by atoms with Crippen LogP contribution in [-0.2, 0) is 10.8 Å². The van der Waals surface area contributed by atoms with Gasteiger partial charge in [0, 0.05) is 21.4 Å². The summed E-state index contributed by atoms with van der Waals surface area (Å²) in [6.45, 7) is 13.2. The highest BCUT2D eigenvalue weighted by Crippen LogP contribution is 2.31. The third-order valence-corrected chi connectivity index (χ3v) is 6.66. The number of hydrogen-bond acceptors (Lipinski definition) is 4. The SMILES string of the molecule is CC(C)(C)c1ccc(N)c(-c2ccccc2)c1.CC(C)(C)c1ccc(N)c(Br)c1.OB(O)c1ccccc1. The first-order valence-corrected chi connectivity index (χ1v) is 13.4. The van der Waals surface area contributed by atoms with E-state index in [1.54, 1.807) is 24.3 Å². The minimum atomic E-state index is -1.34. The van der Waals surface area contributed by atoms with Crippen LogP contribution in [0.25, 0.3) is 11.1 Å². The molecule has 0 heterocycles. The van der Waals surface area contributed by atoms with Gasteiger partial charge in [-0.3, -0.25) is 0 Å². The van der Waals surface area contributed by atoms with Crippen molar-refractivity contribution in [1.82, 2.24) is 0 Å². The Morgan fingerprint density at radius 1 is 0.605 bits per heavy atom. The highest BCUT2D eigenvalue weighted by atomic mass is 79.9. The van der Waals surface area contributed by atoms with E-state index in [4.69, 9.17) is 21.5 Å². The third-order valence-electron chi connectivity index (χ3n) is 5.97. The number of nitrogen functional groups attached to an aromatic ring is 2. The van der Waals surface area contributed by atoms with Crippen LogP contribution in [0.5, 0.6) is 0 Å². The average Bonchev–Trinajstić information content (AvgIpc) is 2.86. The van der Waals surface area contributed by atoms with Crippen LogP contribution in [-0.4, -0.2) is 17.2 Å². The van der Waals surface area contributed by atoms with Crippen LogP contribution in [0.15, 0.2) is 102 Å². The molecule has 0 fully saturated rings. The number of hydrogen-bond donors (Lipinski definition) is 4. The van der Waals surface area contributed by atoms with Crippen LogP contribution < -0.4 is 16.9 Å². The van der Waals surface area contributed by atoms with E-state index in [1.165, 1.54) is 16.7 Å². The lowest BCUT2D eigenvalue weighted by Gasteiger charge is -2.20. The topological polar surface area (TPSA) is 92.5 Å². The van der Waals surface area contributed by atoms with Crippen LogP contribution in [0.1, 0.15) is 52.7 Å². The van der Waals surface area contributed by atoms with Gasteiger partial charge in [-0.15, -0.1) is 0 Å². The molecule has 6 heteroatoms. The maximum absolute atomic E-state index is 8.58. The Hall–Kier alpha value is -3.06. The molecule has 0 aliphatic rings. The van der Waals surface area contributed by atoms with Gasteiger partial charge in [0.2, 0.25) is 0 Å². The molecule has 0 aliphatic carbocycles. The fourth-order valence-electron chi connectivity index (χ4n) is 3.51. The molecule has 38 heavy (non-hydrogen) atoms. The fraction of sp³-hybridized carbons (Fsp3) is 0.250. The Kier molecular flexibility index (Phi) is 11.2. The summed E-state index contributed by atoms with van der Waals surface area (Å²) >= 11 is 3.41. The Balaban J connectivity index is 0.000000212. The van der Waals surface area contributed by atoms with Crippen molar-refractivity contribution >= 4 is 39.9 Å². The number of anilines is 2. The van der Waals surface area contributed by atoms with Gasteiger partial charge in [-0.05, 0) is 73.2 Å². The summed E-state index contributed by atoms with van der Waals surface area (Å²) in [5.41, 5.74) is 19.2. The molecular formula is C32H40BBrN2O2. The Morgan fingerprint density at radius 2 is 1.05 bits per heavy atom. The predicted molar refractivity (Wildman–Crippen MR) is 169 cm³/mol. The van der Waals surface area contributed by atoms with Crippen LogP contribution >= 0.6 is 15.9 Å². The maximum atomic E-state index is 8.58.